The second-order valence-electron chi connectivity index (χ2n) is 7.70. The van der Waals surface area contributed by atoms with Crippen molar-refractivity contribution in [2.45, 2.75) is 53.4 Å². The summed E-state index contributed by atoms with van der Waals surface area (Å²) in [5, 5.41) is 0. The molecule has 2 atom stereocenters. The lowest BCUT2D eigenvalue weighted by molar-refractivity contribution is 0.329. The fraction of sp³-hybridized carbons (Fsp3) is 0.556. The molecule has 0 unspecified atom stereocenters. The van der Waals surface area contributed by atoms with Gasteiger partial charge in [-0.1, -0.05) is 78.0 Å². The molecule has 1 aliphatic rings. The SMILES string of the molecule is CC(C)(C)[C@@H]1C=C[C@@H](C(C)(C)C)c2ccccc21. The first-order valence-corrected chi connectivity index (χ1v) is 6.98. The molecule has 2 rings (SSSR count). The van der Waals surface area contributed by atoms with Crippen molar-refractivity contribution in [3.8, 4) is 0 Å². The lowest BCUT2D eigenvalue weighted by atomic mass is 9.65. The largest absolute Gasteiger partial charge is 0.0798 e. The second-order valence-corrected chi connectivity index (χ2v) is 7.70. The summed E-state index contributed by atoms with van der Waals surface area (Å²) in [4.78, 5) is 0. The molecule has 0 saturated heterocycles. The Morgan fingerprint density at radius 3 is 1.28 bits per heavy atom. The van der Waals surface area contributed by atoms with Crippen LogP contribution in [0.15, 0.2) is 36.4 Å². The van der Waals surface area contributed by atoms with E-state index in [1.165, 1.54) is 11.1 Å². The van der Waals surface area contributed by atoms with Crippen LogP contribution in [-0.4, -0.2) is 0 Å². The number of hydrogen-bond acceptors (Lipinski definition) is 0. The van der Waals surface area contributed by atoms with Gasteiger partial charge in [0.05, 0.1) is 0 Å². The Balaban J connectivity index is 2.53. The molecule has 0 N–H and O–H groups in total. The van der Waals surface area contributed by atoms with Gasteiger partial charge in [0.2, 0.25) is 0 Å². The van der Waals surface area contributed by atoms with E-state index in [2.05, 4.69) is 78.0 Å². The third kappa shape index (κ3) is 2.39. The summed E-state index contributed by atoms with van der Waals surface area (Å²) in [5.41, 5.74) is 3.62. The molecule has 0 amide bonds. The minimum atomic E-state index is 0.287. The zero-order valence-corrected chi connectivity index (χ0v) is 12.6. The van der Waals surface area contributed by atoms with Crippen LogP contribution in [0.5, 0.6) is 0 Å². The van der Waals surface area contributed by atoms with E-state index in [0.29, 0.717) is 11.8 Å². The van der Waals surface area contributed by atoms with E-state index in [1.54, 1.807) is 0 Å². The van der Waals surface area contributed by atoms with Crippen molar-refractivity contribution < 1.29 is 0 Å². The van der Waals surface area contributed by atoms with Crippen LogP contribution in [0.3, 0.4) is 0 Å². The monoisotopic (exact) mass is 242 g/mol. The molecule has 0 aliphatic heterocycles. The highest BCUT2D eigenvalue weighted by molar-refractivity contribution is 5.43. The molecule has 0 aromatic heterocycles. The van der Waals surface area contributed by atoms with Gasteiger partial charge in [-0.05, 0) is 22.0 Å². The molecule has 1 aliphatic carbocycles. The first-order chi connectivity index (χ1) is 8.21. The highest BCUT2D eigenvalue weighted by Gasteiger charge is 2.34. The zero-order chi connectivity index (χ0) is 13.6. The van der Waals surface area contributed by atoms with Gasteiger partial charge in [0.25, 0.3) is 0 Å². The van der Waals surface area contributed by atoms with Gasteiger partial charge in [-0.3, -0.25) is 0 Å². The van der Waals surface area contributed by atoms with Gasteiger partial charge in [-0.2, -0.15) is 0 Å². The van der Waals surface area contributed by atoms with Crippen molar-refractivity contribution in [2.75, 3.05) is 0 Å². The lowest BCUT2D eigenvalue weighted by Gasteiger charge is -2.39. The Kier molecular flexibility index (Phi) is 3.17. The number of fused-ring (bicyclic) bond motifs is 1. The van der Waals surface area contributed by atoms with Crippen LogP contribution in [-0.2, 0) is 0 Å². The summed E-state index contributed by atoms with van der Waals surface area (Å²) in [7, 11) is 0. The zero-order valence-electron chi connectivity index (χ0n) is 12.6. The molecule has 98 valence electrons. The van der Waals surface area contributed by atoms with Gasteiger partial charge in [0, 0.05) is 11.8 Å². The van der Waals surface area contributed by atoms with E-state index in [4.69, 9.17) is 0 Å². The quantitative estimate of drug-likeness (QED) is 0.526. The molecule has 1 aromatic rings. The molecule has 0 fully saturated rings. The minimum Gasteiger partial charge on any atom is -0.0798 e. The first kappa shape index (κ1) is 13.4. The Morgan fingerprint density at radius 2 is 1.00 bits per heavy atom. The van der Waals surface area contributed by atoms with Gasteiger partial charge >= 0.3 is 0 Å². The Bertz CT molecular complexity index is 409. The van der Waals surface area contributed by atoms with Gasteiger partial charge in [-0.15, -0.1) is 0 Å². The fourth-order valence-corrected chi connectivity index (χ4v) is 3.02. The van der Waals surface area contributed by atoms with Gasteiger partial charge < -0.3 is 0 Å². The summed E-state index contributed by atoms with van der Waals surface area (Å²) in [6.07, 6.45) is 4.86. The molecule has 0 heterocycles. The molecule has 0 radical (unpaired) electrons. The Morgan fingerprint density at radius 1 is 0.667 bits per heavy atom. The van der Waals surface area contributed by atoms with E-state index >= 15 is 0 Å². The Hall–Kier alpha value is -1.04. The fourth-order valence-electron chi connectivity index (χ4n) is 3.02. The predicted octanol–water partition coefficient (Wildman–Crippen LogP) is 5.52. The van der Waals surface area contributed by atoms with Crippen LogP contribution in [0.4, 0.5) is 0 Å². The molecule has 18 heavy (non-hydrogen) atoms. The lowest BCUT2D eigenvalue weighted by Crippen LogP contribution is -2.26. The van der Waals surface area contributed by atoms with E-state index in [-0.39, 0.29) is 10.8 Å². The van der Waals surface area contributed by atoms with Crippen LogP contribution in [0, 0.1) is 10.8 Å². The highest BCUT2D eigenvalue weighted by Crippen LogP contribution is 2.48. The Labute approximate surface area is 112 Å². The maximum atomic E-state index is 2.43. The van der Waals surface area contributed by atoms with Crippen molar-refractivity contribution in [1.29, 1.82) is 0 Å². The van der Waals surface area contributed by atoms with E-state index in [0.717, 1.165) is 0 Å². The molecule has 0 nitrogen and oxygen atoms in total. The molecular formula is C18H26. The molecule has 0 saturated carbocycles. The summed E-state index contributed by atoms with van der Waals surface area (Å²) in [5.74, 6) is 1.07. The van der Waals surface area contributed by atoms with E-state index in [1.807, 2.05) is 0 Å². The first-order valence-electron chi connectivity index (χ1n) is 6.98. The summed E-state index contributed by atoms with van der Waals surface area (Å²) in [6, 6.07) is 8.98. The third-order valence-electron chi connectivity index (χ3n) is 4.03. The van der Waals surface area contributed by atoms with Crippen molar-refractivity contribution in [3.05, 3.63) is 47.5 Å². The van der Waals surface area contributed by atoms with Crippen molar-refractivity contribution in [3.63, 3.8) is 0 Å². The van der Waals surface area contributed by atoms with E-state index < -0.39 is 0 Å². The molecule has 1 aromatic carbocycles. The average Bonchev–Trinajstić information content (AvgIpc) is 2.24. The standard InChI is InChI=1S/C18H26/c1-17(2,3)15-11-12-16(18(4,5)6)14-10-8-7-9-13(14)15/h7-12,15-16H,1-6H3/t15-,16-/m1/s1. The molecule has 0 bridgehead atoms. The number of benzene rings is 1. The molecule has 0 spiro atoms. The number of allylic oxidation sites excluding steroid dienone is 2. The van der Waals surface area contributed by atoms with Crippen LogP contribution in [0.1, 0.15) is 64.5 Å². The maximum Gasteiger partial charge on any atom is 0.00697 e. The van der Waals surface area contributed by atoms with Crippen LogP contribution in [0.2, 0.25) is 0 Å². The summed E-state index contributed by atoms with van der Waals surface area (Å²) in [6.45, 7) is 14.0. The summed E-state index contributed by atoms with van der Waals surface area (Å²) < 4.78 is 0. The average molecular weight is 242 g/mol. The van der Waals surface area contributed by atoms with E-state index in [9.17, 15) is 0 Å². The van der Waals surface area contributed by atoms with Crippen LogP contribution >= 0.6 is 0 Å². The molecular weight excluding hydrogens is 216 g/mol. The second kappa shape index (κ2) is 4.26. The van der Waals surface area contributed by atoms with Crippen molar-refractivity contribution in [2.24, 2.45) is 10.8 Å². The minimum absolute atomic E-state index is 0.287. The smallest absolute Gasteiger partial charge is 0.00697 e. The topological polar surface area (TPSA) is 0 Å². The van der Waals surface area contributed by atoms with Gasteiger partial charge in [-0.25, -0.2) is 0 Å². The van der Waals surface area contributed by atoms with Crippen LogP contribution < -0.4 is 0 Å². The van der Waals surface area contributed by atoms with Gasteiger partial charge in [0.15, 0.2) is 0 Å². The maximum absolute atomic E-state index is 2.43. The number of hydrogen-bond donors (Lipinski definition) is 0. The predicted molar refractivity (Wildman–Crippen MR) is 80.0 cm³/mol. The third-order valence-corrected chi connectivity index (χ3v) is 4.03. The summed E-state index contributed by atoms with van der Waals surface area (Å²) >= 11 is 0. The van der Waals surface area contributed by atoms with Crippen LogP contribution in [0.25, 0.3) is 0 Å². The highest BCUT2D eigenvalue weighted by atomic mass is 14.4. The van der Waals surface area contributed by atoms with Crippen molar-refractivity contribution >= 4 is 0 Å². The van der Waals surface area contributed by atoms with Crippen molar-refractivity contribution in [1.82, 2.24) is 0 Å². The number of rotatable bonds is 0. The normalized spacial score (nSPS) is 23.9. The molecule has 0 heteroatoms. The van der Waals surface area contributed by atoms with Gasteiger partial charge in [0.1, 0.15) is 0 Å².